The van der Waals surface area contributed by atoms with E-state index in [1.807, 2.05) is 13.8 Å². The fraction of sp³-hybridized carbons (Fsp3) is 0.765. The van der Waals surface area contributed by atoms with E-state index in [1.54, 1.807) is 24.3 Å². The first-order valence-electron chi connectivity index (χ1n) is 17.1. The number of ether oxygens (including phenoxy) is 6. The van der Waals surface area contributed by atoms with E-state index in [-0.39, 0.29) is 13.0 Å². The SMILES string of the molecule is CCCCCCCCCCOC[C@@]12O[C@@H](CNCCN3CCOCC3)[C@@H](OC(=O)Nc3ccc(CC(=O)O)cc3)[C@@H]1OC(C)(C)O2. The van der Waals surface area contributed by atoms with Crippen molar-refractivity contribution in [2.75, 3.05) is 64.5 Å². The Morgan fingerprint density at radius 1 is 1.00 bits per heavy atom. The van der Waals surface area contributed by atoms with Gasteiger partial charge in [-0.2, -0.15) is 0 Å². The molecule has 3 N–H and O–H groups in total. The first kappa shape index (κ1) is 36.5. The zero-order valence-electron chi connectivity index (χ0n) is 27.9. The molecule has 1 amide bonds. The molecule has 1 aromatic rings. The highest BCUT2D eigenvalue weighted by Crippen LogP contribution is 2.46. The minimum atomic E-state index is -1.22. The van der Waals surface area contributed by atoms with Crippen LogP contribution in [0.1, 0.15) is 77.7 Å². The summed E-state index contributed by atoms with van der Waals surface area (Å²) >= 11 is 0. The number of carbonyl (C=O) groups is 2. The number of hydrogen-bond donors (Lipinski definition) is 3. The summed E-state index contributed by atoms with van der Waals surface area (Å²) in [4.78, 5) is 26.5. The lowest BCUT2D eigenvalue weighted by molar-refractivity contribution is -0.277. The van der Waals surface area contributed by atoms with Gasteiger partial charge in [0.1, 0.15) is 12.7 Å². The second kappa shape index (κ2) is 18.3. The first-order valence-corrected chi connectivity index (χ1v) is 17.1. The molecule has 3 aliphatic heterocycles. The molecule has 0 radical (unpaired) electrons. The van der Waals surface area contributed by atoms with E-state index in [0.29, 0.717) is 24.4 Å². The summed E-state index contributed by atoms with van der Waals surface area (Å²) < 4.78 is 36.9. The number of amides is 1. The molecule has 3 heterocycles. The monoisotopic (exact) mass is 649 g/mol. The van der Waals surface area contributed by atoms with Gasteiger partial charge in [-0.05, 0) is 38.0 Å². The molecule has 0 aromatic heterocycles. The van der Waals surface area contributed by atoms with E-state index in [1.165, 1.54) is 38.5 Å². The topological polar surface area (TPSA) is 137 Å². The van der Waals surface area contributed by atoms with Crippen LogP contribution in [-0.4, -0.2) is 111 Å². The van der Waals surface area contributed by atoms with Gasteiger partial charge in [-0.25, -0.2) is 4.79 Å². The van der Waals surface area contributed by atoms with Crippen LogP contribution in [-0.2, 0) is 39.6 Å². The Hall–Kier alpha value is -2.32. The Kier molecular flexibility index (Phi) is 14.5. The van der Waals surface area contributed by atoms with Gasteiger partial charge in [0.05, 0.1) is 19.6 Å². The number of rotatable bonds is 20. The van der Waals surface area contributed by atoms with E-state index < -0.39 is 41.9 Å². The predicted molar refractivity (Wildman–Crippen MR) is 173 cm³/mol. The van der Waals surface area contributed by atoms with Crippen LogP contribution < -0.4 is 10.6 Å². The zero-order chi connectivity index (χ0) is 32.8. The average molecular weight is 650 g/mol. The van der Waals surface area contributed by atoms with Crippen LogP contribution in [0.2, 0.25) is 0 Å². The van der Waals surface area contributed by atoms with Crippen molar-refractivity contribution in [3.05, 3.63) is 29.8 Å². The molecule has 0 bridgehead atoms. The van der Waals surface area contributed by atoms with Crippen molar-refractivity contribution in [3.8, 4) is 0 Å². The summed E-state index contributed by atoms with van der Waals surface area (Å²) in [5.41, 5.74) is 1.12. The fourth-order valence-corrected chi connectivity index (χ4v) is 6.27. The van der Waals surface area contributed by atoms with Gasteiger partial charge >= 0.3 is 12.1 Å². The molecule has 3 fully saturated rings. The number of nitrogens with zero attached hydrogens (tertiary/aromatic N) is 1. The standard InChI is InChI=1S/C34H55N3O9/c1-4-5-6-7-8-9-10-11-20-42-25-34-31(45-33(2,3)46-34)30(28(44-34)24-35-16-17-37-18-21-41-22-19-37)43-32(40)36-27-14-12-26(13-15-27)23-29(38)39/h12-15,28,30-31,35H,4-11,16-25H2,1-3H3,(H,36,40)(H,38,39)/t28-,30+,31-,34-/m0/s1. The number of hydrogen-bond acceptors (Lipinski definition) is 10. The van der Waals surface area contributed by atoms with Crippen molar-refractivity contribution in [1.29, 1.82) is 0 Å². The van der Waals surface area contributed by atoms with Crippen LogP contribution in [0.5, 0.6) is 0 Å². The zero-order valence-corrected chi connectivity index (χ0v) is 27.9. The van der Waals surface area contributed by atoms with E-state index in [4.69, 9.17) is 33.5 Å². The van der Waals surface area contributed by atoms with Crippen LogP contribution in [0.4, 0.5) is 10.5 Å². The fourth-order valence-electron chi connectivity index (χ4n) is 6.27. The van der Waals surface area contributed by atoms with Crippen molar-refractivity contribution < 1.29 is 43.1 Å². The Bertz CT molecular complexity index is 1070. The average Bonchev–Trinajstić information content (AvgIpc) is 3.43. The molecule has 3 aliphatic rings. The number of carbonyl (C=O) groups excluding carboxylic acids is 1. The molecule has 12 nitrogen and oxygen atoms in total. The normalized spacial score (nSPS) is 25.8. The highest BCUT2D eigenvalue weighted by Gasteiger charge is 2.66. The maximum absolute atomic E-state index is 13.2. The van der Waals surface area contributed by atoms with Gasteiger partial charge in [0.15, 0.2) is 18.0 Å². The highest BCUT2D eigenvalue weighted by atomic mass is 16.9. The molecule has 1 aromatic carbocycles. The van der Waals surface area contributed by atoms with Crippen LogP contribution in [0.15, 0.2) is 24.3 Å². The second-order valence-electron chi connectivity index (χ2n) is 13.0. The predicted octanol–water partition coefficient (Wildman–Crippen LogP) is 4.56. The molecule has 4 rings (SSSR count). The number of benzene rings is 1. The van der Waals surface area contributed by atoms with E-state index >= 15 is 0 Å². The molecular formula is C34H55N3O9. The van der Waals surface area contributed by atoms with Crippen molar-refractivity contribution in [3.63, 3.8) is 0 Å². The van der Waals surface area contributed by atoms with E-state index in [0.717, 1.165) is 52.2 Å². The largest absolute Gasteiger partial charge is 0.481 e. The number of anilines is 1. The Balaban J connectivity index is 1.35. The number of morpholine rings is 1. The number of fused-ring (bicyclic) bond motifs is 1. The number of carboxylic acids is 1. The van der Waals surface area contributed by atoms with Crippen molar-refractivity contribution >= 4 is 17.7 Å². The molecule has 260 valence electrons. The third-order valence-electron chi connectivity index (χ3n) is 8.58. The van der Waals surface area contributed by atoms with E-state index in [9.17, 15) is 9.59 Å². The number of carboxylic acid groups (broad SMARTS) is 1. The Morgan fingerprint density at radius 3 is 2.39 bits per heavy atom. The summed E-state index contributed by atoms with van der Waals surface area (Å²) in [7, 11) is 0. The van der Waals surface area contributed by atoms with Gasteiger partial charge in [-0.15, -0.1) is 0 Å². The van der Waals surface area contributed by atoms with Gasteiger partial charge in [-0.3, -0.25) is 15.0 Å². The molecule has 12 heteroatoms. The molecule has 3 saturated heterocycles. The summed E-state index contributed by atoms with van der Waals surface area (Å²) in [5, 5.41) is 15.2. The maximum Gasteiger partial charge on any atom is 0.412 e. The number of nitrogens with one attached hydrogen (secondary N) is 2. The molecule has 46 heavy (non-hydrogen) atoms. The first-order chi connectivity index (χ1) is 22.2. The third-order valence-corrected chi connectivity index (χ3v) is 8.58. The van der Waals surface area contributed by atoms with Crippen molar-refractivity contribution in [1.82, 2.24) is 10.2 Å². The maximum atomic E-state index is 13.2. The summed E-state index contributed by atoms with van der Waals surface area (Å²) in [6.07, 6.45) is 6.94. The van der Waals surface area contributed by atoms with Crippen molar-refractivity contribution in [2.45, 2.75) is 108 Å². The van der Waals surface area contributed by atoms with Crippen LogP contribution in [0, 0.1) is 0 Å². The van der Waals surface area contributed by atoms with Crippen LogP contribution in [0.3, 0.4) is 0 Å². The van der Waals surface area contributed by atoms with Gasteiger partial charge < -0.3 is 38.8 Å². The van der Waals surface area contributed by atoms with Gasteiger partial charge in [0, 0.05) is 45.0 Å². The van der Waals surface area contributed by atoms with Gasteiger partial charge in [-0.1, -0.05) is 64.0 Å². The minimum Gasteiger partial charge on any atom is -0.481 e. The number of aliphatic carboxylic acids is 1. The van der Waals surface area contributed by atoms with Gasteiger partial charge in [0.25, 0.3) is 0 Å². The molecule has 0 aliphatic carbocycles. The molecule has 0 spiro atoms. The molecule has 4 atom stereocenters. The summed E-state index contributed by atoms with van der Waals surface area (Å²) in [5.74, 6) is -3.10. The Morgan fingerprint density at radius 2 is 1.70 bits per heavy atom. The van der Waals surface area contributed by atoms with Crippen molar-refractivity contribution in [2.24, 2.45) is 0 Å². The number of unbranched alkanes of at least 4 members (excludes halogenated alkanes) is 7. The van der Waals surface area contributed by atoms with E-state index in [2.05, 4.69) is 22.5 Å². The van der Waals surface area contributed by atoms with Crippen LogP contribution in [0.25, 0.3) is 0 Å². The lowest BCUT2D eigenvalue weighted by Crippen LogP contribution is -2.46. The third kappa shape index (κ3) is 11.4. The quantitative estimate of drug-likeness (QED) is 0.172. The molecule has 0 saturated carbocycles. The summed E-state index contributed by atoms with van der Waals surface area (Å²) in [6.45, 7) is 12.0. The van der Waals surface area contributed by atoms with Gasteiger partial charge in [0.2, 0.25) is 5.79 Å². The second-order valence-corrected chi connectivity index (χ2v) is 13.0. The molecular weight excluding hydrogens is 594 g/mol. The Labute approximate surface area is 273 Å². The van der Waals surface area contributed by atoms with Crippen LogP contribution >= 0.6 is 0 Å². The summed E-state index contributed by atoms with van der Waals surface area (Å²) in [6, 6.07) is 6.62. The smallest absolute Gasteiger partial charge is 0.412 e. The lowest BCUT2D eigenvalue weighted by atomic mass is 10.1. The molecule has 0 unspecified atom stereocenters. The lowest BCUT2D eigenvalue weighted by Gasteiger charge is -2.29. The minimum absolute atomic E-state index is 0.0949. The highest BCUT2D eigenvalue weighted by molar-refractivity contribution is 5.85.